The van der Waals surface area contributed by atoms with Crippen molar-refractivity contribution in [2.75, 3.05) is 0 Å². The molecule has 1 aromatic rings. The number of hydrogen-bond donors (Lipinski definition) is 1. The summed E-state index contributed by atoms with van der Waals surface area (Å²) in [5.74, 6) is -1.08. The van der Waals surface area contributed by atoms with Crippen LogP contribution < -0.4 is 5.73 Å². The molecule has 5 heteroatoms. The SMILES string of the molecule is Cl.N[C@@H](c1c(F)cc(Cl)cc1F)C1CCC1. The molecule has 0 aliphatic heterocycles. The molecule has 0 unspecified atom stereocenters. The van der Waals surface area contributed by atoms with Gasteiger partial charge in [0.1, 0.15) is 11.6 Å². The van der Waals surface area contributed by atoms with Crippen molar-refractivity contribution in [2.24, 2.45) is 11.7 Å². The molecule has 0 aromatic heterocycles. The molecule has 0 radical (unpaired) electrons. The molecular formula is C11H13Cl2F2N. The molecule has 1 aromatic carbocycles. The van der Waals surface area contributed by atoms with Crippen LogP contribution >= 0.6 is 24.0 Å². The zero-order valence-corrected chi connectivity index (χ0v) is 10.1. The zero-order valence-electron chi connectivity index (χ0n) is 8.55. The second kappa shape index (κ2) is 5.30. The van der Waals surface area contributed by atoms with Gasteiger partial charge >= 0.3 is 0 Å². The van der Waals surface area contributed by atoms with Gasteiger partial charge in [0, 0.05) is 16.6 Å². The maximum Gasteiger partial charge on any atom is 0.132 e. The van der Waals surface area contributed by atoms with Crippen LogP contribution in [-0.2, 0) is 0 Å². The van der Waals surface area contributed by atoms with E-state index in [9.17, 15) is 8.78 Å². The zero-order chi connectivity index (χ0) is 11.0. The number of nitrogens with two attached hydrogens (primary N) is 1. The Balaban J connectivity index is 0.00000128. The standard InChI is InChI=1S/C11H12ClF2N.ClH/c12-7-4-8(13)10(9(14)5-7)11(15)6-2-1-3-6;/h4-6,11H,1-3,15H2;1H/t11-;/m1./s1. The first-order chi connectivity index (χ1) is 7.09. The summed E-state index contributed by atoms with van der Waals surface area (Å²) in [7, 11) is 0. The molecule has 1 fully saturated rings. The highest BCUT2D eigenvalue weighted by molar-refractivity contribution is 6.30. The Morgan fingerprint density at radius 1 is 1.25 bits per heavy atom. The van der Waals surface area contributed by atoms with E-state index in [-0.39, 0.29) is 28.9 Å². The molecule has 2 N–H and O–H groups in total. The largest absolute Gasteiger partial charge is 0.324 e. The quantitative estimate of drug-likeness (QED) is 0.866. The van der Waals surface area contributed by atoms with E-state index in [1.54, 1.807) is 0 Å². The summed E-state index contributed by atoms with van der Waals surface area (Å²) >= 11 is 5.53. The summed E-state index contributed by atoms with van der Waals surface area (Å²) in [6, 6.07) is 1.67. The summed E-state index contributed by atoms with van der Waals surface area (Å²) < 4.78 is 27.0. The van der Waals surface area contributed by atoms with E-state index in [4.69, 9.17) is 17.3 Å². The highest BCUT2D eigenvalue weighted by atomic mass is 35.5. The fourth-order valence-electron chi connectivity index (χ4n) is 1.91. The maximum atomic E-state index is 13.5. The second-order valence-corrected chi connectivity index (χ2v) is 4.44. The lowest BCUT2D eigenvalue weighted by Crippen LogP contribution is -2.28. The van der Waals surface area contributed by atoms with Gasteiger partial charge in [-0.25, -0.2) is 8.78 Å². The summed E-state index contributed by atoms with van der Waals surface area (Å²) in [5.41, 5.74) is 5.80. The lowest BCUT2D eigenvalue weighted by Gasteiger charge is -2.31. The molecule has 1 atom stereocenters. The van der Waals surface area contributed by atoms with Crippen molar-refractivity contribution in [3.05, 3.63) is 34.4 Å². The van der Waals surface area contributed by atoms with Gasteiger partial charge in [-0.15, -0.1) is 12.4 Å². The molecule has 0 amide bonds. The van der Waals surface area contributed by atoms with E-state index in [1.807, 2.05) is 0 Å². The Morgan fingerprint density at radius 2 is 1.75 bits per heavy atom. The maximum absolute atomic E-state index is 13.5. The highest BCUT2D eigenvalue weighted by Gasteiger charge is 2.29. The Kier molecular flexibility index (Phi) is 4.53. The van der Waals surface area contributed by atoms with Crippen LogP contribution in [0, 0.1) is 17.6 Å². The fourth-order valence-corrected chi connectivity index (χ4v) is 2.10. The first-order valence-corrected chi connectivity index (χ1v) is 5.37. The van der Waals surface area contributed by atoms with Gasteiger partial charge < -0.3 is 5.73 Å². The minimum absolute atomic E-state index is 0. The minimum atomic E-state index is -0.639. The van der Waals surface area contributed by atoms with Crippen LogP contribution in [0.15, 0.2) is 12.1 Å². The third kappa shape index (κ3) is 2.47. The molecule has 2 rings (SSSR count). The third-order valence-electron chi connectivity index (χ3n) is 3.03. The van der Waals surface area contributed by atoms with E-state index in [0.717, 1.165) is 31.4 Å². The molecule has 0 saturated heterocycles. The van der Waals surface area contributed by atoms with Crippen molar-refractivity contribution >= 4 is 24.0 Å². The lowest BCUT2D eigenvalue weighted by molar-refractivity contribution is 0.256. The Hall–Kier alpha value is -0.380. The lowest BCUT2D eigenvalue weighted by atomic mass is 9.77. The summed E-state index contributed by atoms with van der Waals surface area (Å²) in [6.45, 7) is 0. The highest BCUT2D eigenvalue weighted by Crippen LogP contribution is 2.38. The molecule has 90 valence electrons. The van der Waals surface area contributed by atoms with Gasteiger partial charge in [0.2, 0.25) is 0 Å². The Morgan fingerprint density at radius 3 is 2.12 bits per heavy atom. The van der Waals surface area contributed by atoms with Crippen LogP contribution in [0.25, 0.3) is 0 Å². The van der Waals surface area contributed by atoms with Gasteiger partial charge in [-0.05, 0) is 30.9 Å². The van der Waals surface area contributed by atoms with Crippen LogP contribution in [0.1, 0.15) is 30.9 Å². The number of hydrogen-bond acceptors (Lipinski definition) is 1. The summed E-state index contributed by atoms with van der Waals surface area (Å²) in [4.78, 5) is 0. The van der Waals surface area contributed by atoms with Gasteiger partial charge in [-0.1, -0.05) is 18.0 Å². The van der Waals surface area contributed by atoms with E-state index in [2.05, 4.69) is 0 Å². The second-order valence-electron chi connectivity index (χ2n) is 4.00. The van der Waals surface area contributed by atoms with Crippen molar-refractivity contribution in [3.8, 4) is 0 Å². The topological polar surface area (TPSA) is 26.0 Å². The van der Waals surface area contributed by atoms with Crippen molar-refractivity contribution in [1.82, 2.24) is 0 Å². The molecule has 0 bridgehead atoms. The summed E-state index contributed by atoms with van der Waals surface area (Å²) in [6.07, 6.45) is 2.99. The third-order valence-corrected chi connectivity index (χ3v) is 3.25. The first kappa shape index (κ1) is 13.7. The van der Waals surface area contributed by atoms with Crippen LogP contribution in [0.4, 0.5) is 8.78 Å². The molecular weight excluding hydrogens is 255 g/mol. The van der Waals surface area contributed by atoms with Crippen LogP contribution in [0.2, 0.25) is 5.02 Å². The number of halogens is 4. The van der Waals surface area contributed by atoms with Crippen molar-refractivity contribution < 1.29 is 8.78 Å². The smallest absolute Gasteiger partial charge is 0.132 e. The van der Waals surface area contributed by atoms with Gasteiger partial charge in [0.05, 0.1) is 0 Å². The van der Waals surface area contributed by atoms with Gasteiger partial charge in [-0.2, -0.15) is 0 Å². The molecule has 1 aliphatic rings. The van der Waals surface area contributed by atoms with Crippen molar-refractivity contribution in [3.63, 3.8) is 0 Å². The minimum Gasteiger partial charge on any atom is -0.324 e. The number of rotatable bonds is 2. The predicted octanol–water partition coefficient (Wildman–Crippen LogP) is 3.84. The van der Waals surface area contributed by atoms with E-state index in [0.29, 0.717) is 0 Å². The van der Waals surface area contributed by atoms with Crippen LogP contribution in [0.5, 0.6) is 0 Å². The monoisotopic (exact) mass is 267 g/mol. The average molecular weight is 268 g/mol. The van der Waals surface area contributed by atoms with Crippen molar-refractivity contribution in [1.29, 1.82) is 0 Å². The van der Waals surface area contributed by atoms with Crippen LogP contribution in [-0.4, -0.2) is 0 Å². The molecule has 0 heterocycles. The molecule has 16 heavy (non-hydrogen) atoms. The number of benzene rings is 1. The summed E-state index contributed by atoms with van der Waals surface area (Å²) in [5, 5.41) is 0.0644. The average Bonchev–Trinajstić information content (AvgIpc) is 1.97. The Labute approximate surface area is 104 Å². The molecule has 1 nitrogen and oxygen atoms in total. The molecule has 1 saturated carbocycles. The van der Waals surface area contributed by atoms with Crippen molar-refractivity contribution in [2.45, 2.75) is 25.3 Å². The van der Waals surface area contributed by atoms with Gasteiger partial charge in [0.15, 0.2) is 0 Å². The van der Waals surface area contributed by atoms with E-state index < -0.39 is 17.7 Å². The predicted molar refractivity (Wildman–Crippen MR) is 62.9 cm³/mol. The molecule has 0 spiro atoms. The normalized spacial score (nSPS) is 17.5. The first-order valence-electron chi connectivity index (χ1n) is 4.99. The van der Waals surface area contributed by atoms with Gasteiger partial charge in [-0.3, -0.25) is 0 Å². The Bertz CT molecular complexity index is 357. The fraction of sp³-hybridized carbons (Fsp3) is 0.455. The molecule has 1 aliphatic carbocycles. The van der Waals surface area contributed by atoms with E-state index in [1.165, 1.54) is 0 Å². The van der Waals surface area contributed by atoms with Gasteiger partial charge in [0.25, 0.3) is 0 Å². The van der Waals surface area contributed by atoms with E-state index >= 15 is 0 Å². The van der Waals surface area contributed by atoms with Crippen LogP contribution in [0.3, 0.4) is 0 Å².